The molecule has 0 unspecified atom stereocenters. The number of aryl methyl sites for hydroxylation is 1. The highest BCUT2D eigenvalue weighted by atomic mass is 35.5. The van der Waals surface area contributed by atoms with Crippen LogP contribution in [0.5, 0.6) is 11.5 Å². The molecule has 152 valence electrons. The first-order valence-corrected chi connectivity index (χ1v) is 10.3. The minimum Gasteiger partial charge on any atom is -0.478 e. The van der Waals surface area contributed by atoms with Gasteiger partial charge < -0.3 is 14.4 Å². The number of hydrogen-bond acceptors (Lipinski definition) is 2. The van der Waals surface area contributed by atoms with E-state index in [9.17, 15) is 4.79 Å². The molecule has 0 saturated heterocycles. The van der Waals surface area contributed by atoms with Gasteiger partial charge in [0.05, 0.1) is 10.6 Å². The Hall–Kier alpha value is -3.24. The van der Waals surface area contributed by atoms with E-state index in [0.29, 0.717) is 11.5 Å². The van der Waals surface area contributed by atoms with Crippen LogP contribution >= 0.6 is 11.6 Å². The van der Waals surface area contributed by atoms with E-state index in [0.717, 1.165) is 30.3 Å². The molecule has 4 rings (SSSR count). The third-order valence-corrected chi connectivity index (χ3v) is 5.36. The fraction of sp³-hybridized carbons (Fsp3) is 0.160. The zero-order chi connectivity index (χ0) is 21.1. The van der Waals surface area contributed by atoms with E-state index in [1.807, 2.05) is 18.2 Å². The summed E-state index contributed by atoms with van der Waals surface area (Å²) in [5, 5.41) is 10.4. The molecule has 0 atom stereocenters. The van der Waals surface area contributed by atoms with Crippen LogP contribution in [0.4, 0.5) is 0 Å². The summed E-state index contributed by atoms with van der Waals surface area (Å²) in [6.07, 6.45) is 4.34. The van der Waals surface area contributed by atoms with E-state index in [1.54, 1.807) is 6.07 Å². The summed E-state index contributed by atoms with van der Waals surface area (Å²) in [5.41, 5.74) is 3.88. The molecule has 0 fully saturated rings. The fourth-order valence-electron chi connectivity index (χ4n) is 3.52. The Labute approximate surface area is 180 Å². The Morgan fingerprint density at radius 1 is 1.00 bits per heavy atom. The van der Waals surface area contributed by atoms with E-state index >= 15 is 0 Å². The van der Waals surface area contributed by atoms with Crippen molar-refractivity contribution in [2.75, 3.05) is 0 Å². The summed E-state index contributed by atoms with van der Waals surface area (Å²) >= 11 is 6.17. The van der Waals surface area contributed by atoms with Crippen LogP contribution in [-0.4, -0.2) is 15.6 Å². The largest absolute Gasteiger partial charge is 0.478 e. The van der Waals surface area contributed by atoms with Gasteiger partial charge in [0.2, 0.25) is 0 Å². The summed E-state index contributed by atoms with van der Waals surface area (Å²) in [5.74, 6) is 0.0491. The number of halogens is 1. The van der Waals surface area contributed by atoms with Crippen LogP contribution < -0.4 is 4.74 Å². The number of aromatic nitrogens is 1. The Bertz CT molecular complexity index is 1190. The molecule has 1 aromatic heterocycles. The monoisotopic (exact) mass is 419 g/mol. The molecule has 0 bridgehead atoms. The summed E-state index contributed by atoms with van der Waals surface area (Å²) in [7, 11) is 0. The van der Waals surface area contributed by atoms with Crippen molar-refractivity contribution in [3.63, 3.8) is 0 Å². The van der Waals surface area contributed by atoms with E-state index < -0.39 is 5.97 Å². The molecular weight excluding hydrogens is 398 g/mol. The molecule has 4 nitrogen and oxygen atoms in total. The van der Waals surface area contributed by atoms with Crippen molar-refractivity contribution in [3.05, 3.63) is 94.6 Å². The van der Waals surface area contributed by atoms with Gasteiger partial charge >= 0.3 is 5.97 Å². The summed E-state index contributed by atoms with van der Waals surface area (Å²) < 4.78 is 8.09. The first-order valence-electron chi connectivity index (χ1n) is 9.91. The minimum atomic E-state index is -1.02. The van der Waals surface area contributed by atoms with Crippen LogP contribution in [0.2, 0.25) is 5.02 Å². The van der Waals surface area contributed by atoms with Crippen LogP contribution in [0, 0.1) is 0 Å². The number of aromatic carboxylic acids is 1. The Morgan fingerprint density at radius 2 is 1.77 bits per heavy atom. The highest BCUT2D eigenvalue weighted by molar-refractivity contribution is 6.32. The summed E-state index contributed by atoms with van der Waals surface area (Å²) in [4.78, 5) is 11.0. The molecule has 3 aromatic carbocycles. The van der Waals surface area contributed by atoms with Gasteiger partial charge in [0.15, 0.2) is 0 Å². The van der Waals surface area contributed by atoms with E-state index in [4.69, 9.17) is 21.4 Å². The molecule has 0 aliphatic rings. The Morgan fingerprint density at radius 3 is 2.47 bits per heavy atom. The van der Waals surface area contributed by atoms with Gasteiger partial charge in [0, 0.05) is 23.6 Å². The molecule has 0 spiro atoms. The molecule has 0 radical (unpaired) electrons. The summed E-state index contributed by atoms with van der Waals surface area (Å²) in [6.45, 7) is 3.00. The van der Waals surface area contributed by atoms with Gasteiger partial charge in [0.25, 0.3) is 0 Å². The first-order chi connectivity index (χ1) is 14.5. The molecular formula is C25H22ClNO3. The number of carboxylic acid groups (broad SMARTS) is 1. The number of hydrogen-bond donors (Lipinski definition) is 1. The van der Waals surface area contributed by atoms with Gasteiger partial charge in [-0.25, -0.2) is 4.79 Å². The van der Waals surface area contributed by atoms with E-state index in [2.05, 4.69) is 48.0 Å². The van der Waals surface area contributed by atoms with Crippen LogP contribution in [-0.2, 0) is 13.0 Å². The maximum absolute atomic E-state index is 11.0. The van der Waals surface area contributed by atoms with Gasteiger partial charge in [-0.2, -0.15) is 0 Å². The number of ether oxygens (including phenoxy) is 1. The van der Waals surface area contributed by atoms with Crippen LogP contribution in [0.1, 0.15) is 34.8 Å². The second-order valence-corrected chi connectivity index (χ2v) is 7.69. The quantitative estimate of drug-likeness (QED) is 0.359. The van der Waals surface area contributed by atoms with Crippen molar-refractivity contribution in [1.29, 1.82) is 0 Å². The number of carbonyl (C=O) groups is 1. The molecule has 0 amide bonds. The third kappa shape index (κ3) is 4.34. The number of fused-ring (bicyclic) bond motifs is 1. The van der Waals surface area contributed by atoms with Gasteiger partial charge in [-0.05, 0) is 60.0 Å². The van der Waals surface area contributed by atoms with Crippen molar-refractivity contribution >= 4 is 28.5 Å². The average molecular weight is 420 g/mol. The highest BCUT2D eigenvalue weighted by Crippen LogP contribution is 2.32. The third-order valence-electron chi connectivity index (χ3n) is 5.06. The minimum absolute atomic E-state index is 0.127. The number of nitrogens with zero attached hydrogens (tertiary/aromatic N) is 1. The molecule has 1 N–H and O–H groups in total. The van der Waals surface area contributed by atoms with Crippen LogP contribution in [0.25, 0.3) is 10.9 Å². The predicted octanol–water partition coefficient (Wildman–Crippen LogP) is 6.79. The molecule has 0 saturated carbocycles. The van der Waals surface area contributed by atoms with Gasteiger partial charge in [0.1, 0.15) is 11.5 Å². The first kappa shape index (κ1) is 20.0. The lowest BCUT2D eigenvalue weighted by molar-refractivity contribution is 0.0697. The molecule has 4 aromatic rings. The zero-order valence-corrected chi connectivity index (χ0v) is 17.4. The van der Waals surface area contributed by atoms with Crippen molar-refractivity contribution in [2.45, 2.75) is 26.3 Å². The maximum atomic E-state index is 11.0. The average Bonchev–Trinajstić information content (AvgIpc) is 3.13. The Kier molecular flexibility index (Phi) is 5.77. The van der Waals surface area contributed by atoms with Gasteiger partial charge in [-0.1, -0.05) is 49.2 Å². The molecule has 0 aliphatic heterocycles. The van der Waals surface area contributed by atoms with Crippen LogP contribution in [0.15, 0.2) is 72.9 Å². The van der Waals surface area contributed by atoms with Gasteiger partial charge in [-0.15, -0.1) is 0 Å². The zero-order valence-electron chi connectivity index (χ0n) is 16.6. The fourth-order valence-corrected chi connectivity index (χ4v) is 3.74. The van der Waals surface area contributed by atoms with Crippen molar-refractivity contribution in [3.8, 4) is 11.5 Å². The van der Waals surface area contributed by atoms with E-state index in [1.165, 1.54) is 23.3 Å². The number of benzene rings is 3. The summed E-state index contributed by atoms with van der Waals surface area (Å²) in [6, 6.07) is 21.2. The SMILES string of the molecule is CCCc1ccc(Cn2ccc3cc(Oc4ccc(C(=O)O)cc4Cl)ccc32)cc1. The topological polar surface area (TPSA) is 51.5 Å². The normalized spacial score (nSPS) is 11.0. The second-order valence-electron chi connectivity index (χ2n) is 7.28. The number of carboxylic acids is 1. The van der Waals surface area contributed by atoms with Gasteiger partial charge in [-0.3, -0.25) is 0 Å². The van der Waals surface area contributed by atoms with E-state index in [-0.39, 0.29) is 10.6 Å². The highest BCUT2D eigenvalue weighted by Gasteiger charge is 2.10. The predicted molar refractivity (Wildman–Crippen MR) is 120 cm³/mol. The van der Waals surface area contributed by atoms with Crippen molar-refractivity contribution in [1.82, 2.24) is 4.57 Å². The second kappa shape index (κ2) is 8.64. The molecule has 0 aliphatic carbocycles. The lowest BCUT2D eigenvalue weighted by atomic mass is 10.1. The molecule has 1 heterocycles. The van der Waals surface area contributed by atoms with Crippen LogP contribution in [0.3, 0.4) is 0 Å². The molecule has 30 heavy (non-hydrogen) atoms. The smallest absolute Gasteiger partial charge is 0.335 e. The van der Waals surface area contributed by atoms with Crippen molar-refractivity contribution < 1.29 is 14.6 Å². The Balaban J connectivity index is 1.53. The van der Waals surface area contributed by atoms with Crippen molar-refractivity contribution in [2.24, 2.45) is 0 Å². The molecule has 5 heteroatoms. The number of rotatable bonds is 7. The lowest BCUT2D eigenvalue weighted by Crippen LogP contribution is -1.98. The lowest BCUT2D eigenvalue weighted by Gasteiger charge is -2.10. The maximum Gasteiger partial charge on any atom is 0.335 e. The standard InChI is InChI=1S/C25H22ClNO3/c1-2-3-17-4-6-18(7-5-17)16-27-13-12-19-14-21(9-10-23(19)27)30-24-11-8-20(25(28)29)15-22(24)26/h4-15H,2-3,16H2,1H3,(H,28,29).